The maximum Gasteiger partial charge on any atom is 0.268 e. The van der Waals surface area contributed by atoms with Crippen LogP contribution in [-0.2, 0) is 10.5 Å². The fourth-order valence-corrected chi connectivity index (χ4v) is 5.58. The van der Waals surface area contributed by atoms with E-state index in [1.165, 1.54) is 36.3 Å². The van der Waals surface area contributed by atoms with E-state index in [1.807, 2.05) is 62.4 Å². The minimum absolute atomic E-state index is 0.0876. The van der Waals surface area contributed by atoms with Crippen molar-refractivity contribution in [3.05, 3.63) is 88.5 Å². The van der Waals surface area contributed by atoms with Crippen molar-refractivity contribution < 1.29 is 23.7 Å². The van der Waals surface area contributed by atoms with Gasteiger partial charge in [0.05, 0.1) is 14.2 Å². The Bertz CT molecular complexity index is 1580. The first kappa shape index (κ1) is 30.4. The SMILES string of the molecule is COc1ccc(CSc2nnc(NC(=O)/C(C#N)=C\c3ccc(OCCOc4c(C)cccc4C)c(OC)c3)s2)cc1. The number of para-hydroxylation sites is 1. The molecule has 0 fully saturated rings. The molecule has 11 heteroatoms. The molecule has 4 rings (SSSR count). The second kappa shape index (κ2) is 14.9. The van der Waals surface area contributed by atoms with Crippen molar-refractivity contribution in [2.45, 2.75) is 23.9 Å². The molecular weight excluding hydrogens is 572 g/mol. The molecule has 0 aliphatic rings. The van der Waals surface area contributed by atoms with Gasteiger partial charge >= 0.3 is 0 Å². The quantitative estimate of drug-likeness (QED) is 0.0604. The van der Waals surface area contributed by atoms with Crippen LogP contribution in [0.15, 0.2) is 70.6 Å². The number of anilines is 1. The second-order valence-electron chi connectivity index (χ2n) is 8.96. The van der Waals surface area contributed by atoms with Crippen molar-refractivity contribution in [1.82, 2.24) is 10.2 Å². The van der Waals surface area contributed by atoms with Crippen LogP contribution in [0.5, 0.6) is 23.0 Å². The number of nitrogens with one attached hydrogen (secondary N) is 1. The van der Waals surface area contributed by atoms with Gasteiger partial charge in [-0.05, 0) is 66.4 Å². The first-order chi connectivity index (χ1) is 20.4. The lowest BCUT2D eigenvalue weighted by atomic mass is 10.1. The molecular formula is C31H30N4O5S2. The van der Waals surface area contributed by atoms with E-state index in [-0.39, 0.29) is 5.57 Å². The van der Waals surface area contributed by atoms with Gasteiger partial charge in [-0.2, -0.15) is 5.26 Å². The average molecular weight is 603 g/mol. The second-order valence-corrected chi connectivity index (χ2v) is 11.2. The minimum Gasteiger partial charge on any atom is -0.497 e. The van der Waals surface area contributed by atoms with Crippen LogP contribution in [0.4, 0.5) is 5.13 Å². The van der Waals surface area contributed by atoms with Gasteiger partial charge in [-0.25, -0.2) is 0 Å². The van der Waals surface area contributed by atoms with Crippen molar-refractivity contribution in [1.29, 1.82) is 5.26 Å². The summed E-state index contributed by atoms with van der Waals surface area (Å²) in [6.45, 7) is 4.68. The van der Waals surface area contributed by atoms with Crippen molar-refractivity contribution in [2.24, 2.45) is 0 Å². The van der Waals surface area contributed by atoms with E-state index in [4.69, 9.17) is 18.9 Å². The smallest absolute Gasteiger partial charge is 0.268 e. The molecule has 0 spiro atoms. The molecule has 216 valence electrons. The number of benzene rings is 3. The molecule has 0 aliphatic heterocycles. The molecule has 42 heavy (non-hydrogen) atoms. The third kappa shape index (κ3) is 8.25. The molecule has 1 aromatic heterocycles. The zero-order valence-electron chi connectivity index (χ0n) is 23.7. The van der Waals surface area contributed by atoms with Crippen LogP contribution in [0, 0.1) is 25.2 Å². The standard InChI is InChI=1S/C31H30N4O5S2/c1-20-6-5-7-21(2)28(20)40-15-14-39-26-13-10-23(17-27(26)38-4)16-24(18-32)29(36)33-30-34-35-31(42-30)41-19-22-8-11-25(37-3)12-9-22/h5-13,16-17H,14-15,19H2,1-4H3,(H,33,34,36)/b24-16-. The van der Waals surface area contributed by atoms with Crippen molar-refractivity contribution in [2.75, 3.05) is 32.8 Å². The Morgan fingerprint density at radius 1 is 0.976 bits per heavy atom. The van der Waals surface area contributed by atoms with Gasteiger partial charge in [-0.3, -0.25) is 10.1 Å². The first-order valence-corrected chi connectivity index (χ1v) is 14.7. The number of hydrogen-bond acceptors (Lipinski definition) is 10. The number of nitrogens with zero attached hydrogens (tertiary/aromatic N) is 3. The number of thioether (sulfide) groups is 1. The average Bonchev–Trinajstić information content (AvgIpc) is 3.45. The molecule has 4 aromatic rings. The van der Waals surface area contributed by atoms with Gasteiger partial charge in [0.25, 0.3) is 5.91 Å². The number of aryl methyl sites for hydroxylation is 2. The van der Waals surface area contributed by atoms with E-state index >= 15 is 0 Å². The van der Waals surface area contributed by atoms with E-state index < -0.39 is 5.91 Å². The zero-order valence-corrected chi connectivity index (χ0v) is 25.3. The molecule has 0 saturated carbocycles. The predicted octanol–water partition coefficient (Wildman–Crippen LogP) is 6.47. The van der Waals surface area contributed by atoms with Gasteiger partial charge in [-0.1, -0.05) is 59.5 Å². The maximum atomic E-state index is 12.8. The number of rotatable bonds is 13. The molecule has 0 unspecified atom stereocenters. The molecule has 0 bridgehead atoms. The molecule has 3 aromatic carbocycles. The third-order valence-corrected chi connectivity index (χ3v) is 8.05. The Labute approximate surface area is 253 Å². The molecule has 9 nitrogen and oxygen atoms in total. The highest BCUT2D eigenvalue weighted by molar-refractivity contribution is 8.00. The van der Waals surface area contributed by atoms with Crippen LogP contribution >= 0.6 is 23.1 Å². The Hall–Kier alpha value is -4.53. The van der Waals surface area contributed by atoms with Gasteiger partial charge < -0.3 is 18.9 Å². The van der Waals surface area contributed by atoms with Crippen molar-refractivity contribution in [3.63, 3.8) is 0 Å². The van der Waals surface area contributed by atoms with Crippen LogP contribution in [0.1, 0.15) is 22.3 Å². The highest BCUT2D eigenvalue weighted by atomic mass is 32.2. The Morgan fingerprint density at radius 3 is 2.40 bits per heavy atom. The zero-order chi connectivity index (χ0) is 29.9. The van der Waals surface area contributed by atoms with Crippen molar-refractivity contribution in [3.8, 4) is 29.1 Å². The summed E-state index contributed by atoms with van der Waals surface area (Å²) < 4.78 is 23.1. The minimum atomic E-state index is -0.580. The van der Waals surface area contributed by atoms with Gasteiger partial charge in [0.1, 0.15) is 36.4 Å². The third-order valence-electron chi connectivity index (χ3n) is 6.01. The van der Waals surface area contributed by atoms with Crippen LogP contribution < -0.4 is 24.3 Å². The monoisotopic (exact) mass is 602 g/mol. The number of aromatic nitrogens is 2. The summed E-state index contributed by atoms with van der Waals surface area (Å²) in [4.78, 5) is 12.8. The number of carbonyl (C=O) groups is 1. The van der Waals surface area contributed by atoms with E-state index in [1.54, 1.807) is 25.3 Å². The number of ether oxygens (including phenoxy) is 4. The van der Waals surface area contributed by atoms with Gasteiger partial charge in [0.2, 0.25) is 5.13 Å². The van der Waals surface area contributed by atoms with Crippen LogP contribution in [0.25, 0.3) is 6.08 Å². The Morgan fingerprint density at radius 2 is 1.71 bits per heavy atom. The number of nitriles is 1. The largest absolute Gasteiger partial charge is 0.497 e. The highest BCUT2D eigenvalue weighted by Gasteiger charge is 2.14. The topological polar surface area (TPSA) is 116 Å². The van der Waals surface area contributed by atoms with Crippen LogP contribution in [0.2, 0.25) is 0 Å². The van der Waals surface area contributed by atoms with E-state index in [2.05, 4.69) is 15.5 Å². The summed E-state index contributed by atoms with van der Waals surface area (Å²) >= 11 is 2.74. The molecule has 0 radical (unpaired) electrons. The molecule has 1 N–H and O–H groups in total. The fourth-order valence-electron chi connectivity index (χ4n) is 3.88. The maximum absolute atomic E-state index is 12.8. The van der Waals surface area contributed by atoms with E-state index in [9.17, 15) is 10.1 Å². The molecule has 0 aliphatic carbocycles. The number of methoxy groups -OCH3 is 2. The lowest BCUT2D eigenvalue weighted by molar-refractivity contribution is -0.112. The summed E-state index contributed by atoms with van der Waals surface area (Å²) in [7, 11) is 3.16. The van der Waals surface area contributed by atoms with Gasteiger partial charge in [-0.15, -0.1) is 10.2 Å². The normalized spacial score (nSPS) is 11.0. The lowest BCUT2D eigenvalue weighted by Crippen LogP contribution is -2.13. The summed E-state index contributed by atoms with van der Waals surface area (Å²) in [6.07, 6.45) is 1.48. The molecule has 1 amide bonds. The van der Waals surface area contributed by atoms with Crippen LogP contribution in [0.3, 0.4) is 0 Å². The summed E-state index contributed by atoms with van der Waals surface area (Å²) in [5.41, 5.74) is 3.75. The summed E-state index contributed by atoms with van der Waals surface area (Å²) in [5.74, 6) is 2.75. The number of carbonyl (C=O) groups excluding carboxylic acids is 1. The number of hydrogen-bond donors (Lipinski definition) is 1. The summed E-state index contributed by atoms with van der Waals surface area (Å²) in [5, 5.41) is 20.8. The highest BCUT2D eigenvalue weighted by Crippen LogP contribution is 2.31. The molecule has 0 atom stereocenters. The van der Waals surface area contributed by atoms with Gasteiger partial charge in [0, 0.05) is 5.75 Å². The number of amides is 1. The summed E-state index contributed by atoms with van der Waals surface area (Å²) in [6, 6.07) is 20.9. The Balaban J connectivity index is 1.33. The van der Waals surface area contributed by atoms with Gasteiger partial charge in [0.15, 0.2) is 15.8 Å². The predicted molar refractivity (Wildman–Crippen MR) is 165 cm³/mol. The fraction of sp³-hybridized carbons (Fsp3) is 0.226. The molecule has 1 heterocycles. The first-order valence-electron chi connectivity index (χ1n) is 12.9. The van der Waals surface area contributed by atoms with Crippen LogP contribution in [-0.4, -0.2) is 43.5 Å². The van der Waals surface area contributed by atoms with E-state index in [0.29, 0.717) is 45.5 Å². The van der Waals surface area contributed by atoms with E-state index in [0.717, 1.165) is 28.2 Å². The lowest BCUT2D eigenvalue weighted by Gasteiger charge is -2.14. The Kier molecular flexibility index (Phi) is 10.8. The van der Waals surface area contributed by atoms with Crippen molar-refractivity contribution >= 4 is 40.2 Å². The molecule has 0 saturated heterocycles.